The molecule has 0 aliphatic rings. The van der Waals surface area contributed by atoms with Crippen molar-refractivity contribution in [1.29, 1.82) is 0 Å². The SMILES string of the molecule is Cc1ccc(F)c(CCCNCC(C)C)c1. The topological polar surface area (TPSA) is 12.0 Å². The van der Waals surface area contributed by atoms with Crippen LogP contribution in [0.4, 0.5) is 4.39 Å². The maximum atomic E-state index is 13.4. The van der Waals surface area contributed by atoms with Crippen molar-refractivity contribution in [2.24, 2.45) is 5.92 Å². The van der Waals surface area contributed by atoms with Crippen molar-refractivity contribution in [3.63, 3.8) is 0 Å². The Balaban J connectivity index is 2.29. The zero-order valence-electron chi connectivity index (χ0n) is 10.5. The van der Waals surface area contributed by atoms with Gasteiger partial charge < -0.3 is 5.32 Å². The van der Waals surface area contributed by atoms with Crippen molar-refractivity contribution in [2.45, 2.75) is 33.6 Å². The summed E-state index contributed by atoms with van der Waals surface area (Å²) in [7, 11) is 0. The highest BCUT2D eigenvalue weighted by molar-refractivity contribution is 5.24. The molecule has 16 heavy (non-hydrogen) atoms. The molecule has 1 aromatic rings. The van der Waals surface area contributed by atoms with Crippen LogP contribution in [0.1, 0.15) is 31.4 Å². The molecule has 2 heteroatoms. The number of hydrogen-bond acceptors (Lipinski definition) is 1. The molecule has 0 fully saturated rings. The maximum absolute atomic E-state index is 13.4. The van der Waals surface area contributed by atoms with E-state index in [0.29, 0.717) is 5.92 Å². The third-order valence-corrected chi connectivity index (χ3v) is 2.55. The van der Waals surface area contributed by atoms with Crippen molar-refractivity contribution in [3.8, 4) is 0 Å². The third kappa shape index (κ3) is 4.75. The molecule has 0 aliphatic heterocycles. The van der Waals surface area contributed by atoms with Gasteiger partial charge in [-0.25, -0.2) is 4.39 Å². The number of aryl methyl sites for hydroxylation is 2. The van der Waals surface area contributed by atoms with Gasteiger partial charge in [-0.3, -0.25) is 0 Å². The first kappa shape index (κ1) is 13.2. The van der Waals surface area contributed by atoms with Gasteiger partial charge in [0.1, 0.15) is 5.82 Å². The molecule has 1 rings (SSSR count). The highest BCUT2D eigenvalue weighted by Crippen LogP contribution is 2.11. The van der Waals surface area contributed by atoms with Gasteiger partial charge in [-0.05, 0) is 50.4 Å². The molecule has 0 aliphatic carbocycles. The van der Waals surface area contributed by atoms with E-state index in [1.807, 2.05) is 19.1 Å². The summed E-state index contributed by atoms with van der Waals surface area (Å²) in [6.07, 6.45) is 1.81. The Bertz CT molecular complexity index is 321. The van der Waals surface area contributed by atoms with E-state index < -0.39 is 0 Å². The summed E-state index contributed by atoms with van der Waals surface area (Å²) in [5.74, 6) is 0.602. The van der Waals surface area contributed by atoms with E-state index in [1.165, 1.54) is 0 Å². The standard InChI is InChI=1S/C14H22FN/c1-11(2)10-16-8-4-5-13-9-12(3)6-7-14(13)15/h6-7,9,11,16H,4-5,8,10H2,1-3H3. The van der Waals surface area contributed by atoms with Crippen LogP contribution < -0.4 is 5.32 Å². The van der Waals surface area contributed by atoms with Crippen LogP contribution in [0.5, 0.6) is 0 Å². The quantitative estimate of drug-likeness (QED) is 0.730. The molecule has 0 heterocycles. The molecule has 0 saturated carbocycles. The highest BCUT2D eigenvalue weighted by Gasteiger charge is 2.01. The van der Waals surface area contributed by atoms with E-state index in [4.69, 9.17) is 0 Å². The van der Waals surface area contributed by atoms with Crippen molar-refractivity contribution < 1.29 is 4.39 Å². The van der Waals surface area contributed by atoms with Crippen LogP contribution >= 0.6 is 0 Å². The second-order valence-electron chi connectivity index (χ2n) is 4.80. The van der Waals surface area contributed by atoms with Gasteiger partial charge in [0, 0.05) is 0 Å². The first-order valence-corrected chi connectivity index (χ1v) is 6.05. The summed E-state index contributed by atoms with van der Waals surface area (Å²) >= 11 is 0. The first-order chi connectivity index (χ1) is 7.59. The predicted molar refractivity (Wildman–Crippen MR) is 67.2 cm³/mol. The minimum absolute atomic E-state index is 0.0746. The van der Waals surface area contributed by atoms with Crippen LogP contribution in [0.2, 0.25) is 0 Å². The lowest BCUT2D eigenvalue weighted by Crippen LogP contribution is -2.21. The Labute approximate surface area is 98.1 Å². The van der Waals surface area contributed by atoms with Crippen molar-refractivity contribution in [3.05, 3.63) is 35.1 Å². The van der Waals surface area contributed by atoms with E-state index in [9.17, 15) is 4.39 Å². The average Bonchev–Trinajstić information content (AvgIpc) is 2.22. The molecule has 0 unspecified atom stereocenters. The zero-order valence-corrected chi connectivity index (χ0v) is 10.5. The summed E-state index contributed by atoms with van der Waals surface area (Å²) in [4.78, 5) is 0. The smallest absolute Gasteiger partial charge is 0.126 e. The van der Waals surface area contributed by atoms with Crippen molar-refractivity contribution >= 4 is 0 Å². The summed E-state index contributed by atoms with van der Waals surface area (Å²) in [5.41, 5.74) is 1.97. The van der Waals surface area contributed by atoms with Crippen LogP contribution in [0.3, 0.4) is 0 Å². The fourth-order valence-electron chi connectivity index (χ4n) is 1.69. The molecule has 0 amide bonds. The highest BCUT2D eigenvalue weighted by atomic mass is 19.1. The van der Waals surface area contributed by atoms with E-state index in [0.717, 1.165) is 37.1 Å². The molecule has 0 atom stereocenters. The molecule has 0 aromatic heterocycles. The summed E-state index contributed by atoms with van der Waals surface area (Å²) < 4.78 is 13.4. The molecule has 0 bridgehead atoms. The van der Waals surface area contributed by atoms with Crippen LogP contribution in [-0.2, 0) is 6.42 Å². The molecular formula is C14H22FN. The van der Waals surface area contributed by atoms with Gasteiger partial charge in [0.2, 0.25) is 0 Å². The van der Waals surface area contributed by atoms with Crippen molar-refractivity contribution in [2.75, 3.05) is 13.1 Å². The predicted octanol–water partition coefficient (Wildman–Crippen LogP) is 3.31. The summed E-state index contributed by atoms with van der Waals surface area (Å²) in [6, 6.07) is 5.32. The molecule has 90 valence electrons. The Kier molecular flexibility index (Phi) is 5.47. The van der Waals surface area contributed by atoms with Gasteiger partial charge in [-0.1, -0.05) is 31.5 Å². The number of nitrogens with one attached hydrogen (secondary N) is 1. The molecule has 0 spiro atoms. The summed E-state index contributed by atoms with van der Waals surface area (Å²) in [5, 5.41) is 3.37. The van der Waals surface area contributed by atoms with Crippen LogP contribution in [0, 0.1) is 18.7 Å². The molecule has 0 saturated heterocycles. The number of halogens is 1. The lowest BCUT2D eigenvalue weighted by Gasteiger charge is -2.08. The fraction of sp³-hybridized carbons (Fsp3) is 0.571. The van der Waals surface area contributed by atoms with Gasteiger partial charge in [0.15, 0.2) is 0 Å². The Morgan fingerprint density at radius 2 is 2.06 bits per heavy atom. The second kappa shape index (κ2) is 6.64. The maximum Gasteiger partial charge on any atom is 0.126 e. The summed E-state index contributed by atoms with van der Waals surface area (Å²) in [6.45, 7) is 8.38. The molecule has 1 N–H and O–H groups in total. The van der Waals surface area contributed by atoms with Crippen LogP contribution in [0.25, 0.3) is 0 Å². The van der Waals surface area contributed by atoms with Gasteiger partial charge in [0.05, 0.1) is 0 Å². The molecule has 0 radical (unpaired) electrons. The molecule has 1 nitrogen and oxygen atoms in total. The Hall–Kier alpha value is -0.890. The largest absolute Gasteiger partial charge is 0.316 e. The number of rotatable bonds is 6. The van der Waals surface area contributed by atoms with E-state index >= 15 is 0 Å². The van der Waals surface area contributed by atoms with E-state index in [-0.39, 0.29) is 5.82 Å². The van der Waals surface area contributed by atoms with Crippen LogP contribution in [-0.4, -0.2) is 13.1 Å². The monoisotopic (exact) mass is 223 g/mol. The van der Waals surface area contributed by atoms with Gasteiger partial charge >= 0.3 is 0 Å². The zero-order chi connectivity index (χ0) is 12.0. The number of hydrogen-bond donors (Lipinski definition) is 1. The third-order valence-electron chi connectivity index (χ3n) is 2.55. The lowest BCUT2D eigenvalue weighted by atomic mass is 10.1. The molecular weight excluding hydrogens is 201 g/mol. The molecule has 1 aromatic carbocycles. The fourth-order valence-corrected chi connectivity index (χ4v) is 1.69. The Morgan fingerprint density at radius 1 is 1.31 bits per heavy atom. The van der Waals surface area contributed by atoms with Crippen molar-refractivity contribution in [1.82, 2.24) is 5.32 Å². The minimum atomic E-state index is -0.0746. The first-order valence-electron chi connectivity index (χ1n) is 6.05. The Morgan fingerprint density at radius 3 is 2.75 bits per heavy atom. The second-order valence-corrected chi connectivity index (χ2v) is 4.80. The van der Waals surface area contributed by atoms with E-state index in [1.54, 1.807) is 6.07 Å². The number of benzene rings is 1. The lowest BCUT2D eigenvalue weighted by molar-refractivity contribution is 0.538. The van der Waals surface area contributed by atoms with E-state index in [2.05, 4.69) is 19.2 Å². The minimum Gasteiger partial charge on any atom is -0.316 e. The van der Waals surface area contributed by atoms with Gasteiger partial charge in [-0.15, -0.1) is 0 Å². The van der Waals surface area contributed by atoms with Gasteiger partial charge in [0.25, 0.3) is 0 Å². The normalized spacial score (nSPS) is 11.1. The van der Waals surface area contributed by atoms with Crippen LogP contribution in [0.15, 0.2) is 18.2 Å². The van der Waals surface area contributed by atoms with Gasteiger partial charge in [-0.2, -0.15) is 0 Å². The average molecular weight is 223 g/mol.